The van der Waals surface area contributed by atoms with Crippen molar-refractivity contribution in [2.45, 2.75) is 26.2 Å². The van der Waals surface area contributed by atoms with Crippen LogP contribution in [0.4, 0.5) is 0 Å². The molecular formula is C15H16N4. The summed E-state index contributed by atoms with van der Waals surface area (Å²) in [5.41, 5.74) is 3.27. The van der Waals surface area contributed by atoms with Gasteiger partial charge in [0.15, 0.2) is 5.82 Å². The highest BCUT2D eigenvalue weighted by Gasteiger charge is 2.10. The van der Waals surface area contributed by atoms with E-state index in [4.69, 9.17) is 0 Å². The lowest BCUT2D eigenvalue weighted by molar-refractivity contribution is 0.791. The lowest BCUT2D eigenvalue weighted by Crippen LogP contribution is -1.98. The summed E-state index contributed by atoms with van der Waals surface area (Å²) >= 11 is 0. The van der Waals surface area contributed by atoms with Crippen molar-refractivity contribution in [2.24, 2.45) is 0 Å². The first-order valence-corrected chi connectivity index (χ1v) is 6.65. The van der Waals surface area contributed by atoms with E-state index < -0.39 is 0 Å². The van der Waals surface area contributed by atoms with Gasteiger partial charge >= 0.3 is 0 Å². The van der Waals surface area contributed by atoms with Gasteiger partial charge in [-0.15, -0.1) is 5.10 Å². The van der Waals surface area contributed by atoms with E-state index in [1.807, 2.05) is 24.3 Å². The molecule has 3 rings (SSSR count). The molecule has 96 valence electrons. The molecule has 2 aromatic heterocycles. The van der Waals surface area contributed by atoms with E-state index in [1.54, 1.807) is 10.9 Å². The van der Waals surface area contributed by atoms with Crippen molar-refractivity contribution >= 4 is 11.0 Å². The second-order valence-electron chi connectivity index (χ2n) is 4.58. The van der Waals surface area contributed by atoms with E-state index in [0.717, 1.165) is 23.3 Å². The molecule has 1 aromatic carbocycles. The number of pyridine rings is 1. The normalized spacial score (nSPS) is 11.0. The van der Waals surface area contributed by atoms with Crippen LogP contribution in [-0.4, -0.2) is 20.0 Å². The van der Waals surface area contributed by atoms with Crippen molar-refractivity contribution in [1.82, 2.24) is 20.0 Å². The van der Waals surface area contributed by atoms with Crippen molar-refractivity contribution in [3.8, 4) is 5.82 Å². The van der Waals surface area contributed by atoms with E-state index >= 15 is 0 Å². The highest BCUT2D eigenvalue weighted by Crippen LogP contribution is 2.20. The minimum absolute atomic E-state index is 0.803. The lowest BCUT2D eigenvalue weighted by atomic mass is 10.1. The number of rotatable bonds is 4. The molecule has 3 aromatic rings. The Kier molecular flexibility index (Phi) is 3.23. The zero-order valence-electron chi connectivity index (χ0n) is 11.0. The van der Waals surface area contributed by atoms with Crippen LogP contribution in [0.5, 0.6) is 0 Å². The maximum absolute atomic E-state index is 4.32. The number of unbranched alkanes of at least 4 members (excludes halogenated alkanes) is 1. The van der Waals surface area contributed by atoms with Crippen LogP contribution >= 0.6 is 0 Å². The number of fused-ring (bicyclic) bond motifs is 1. The van der Waals surface area contributed by atoms with Crippen LogP contribution in [0.15, 0.2) is 42.6 Å². The first kappa shape index (κ1) is 11.8. The third kappa shape index (κ3) is 2.21. The first-order valence-electron chi connectivity index (χ1n) is 6.65. The van der Waals surface area contributed by atoms with Crippen LogP contribution in [0.25, 0.3) is 16.9 Å². The van der Waals surface area contributed by atoms with E-state index in [0.29, 0.717) is 0 Å². The summed E-state index contributed by atoms with van der Waals surface area (Å²) in [4.78, 5) is 4.32. The number of nitrogens with zero attached hydrogens (tertiary/aromatic N) is 4. The summed E-state index contributed by atoms with van der Waals surface area (Å²) in [6, 6.07) is 12.0. The van der Waals surface area contributed by atoms with E-state index in [-0.39, 0.29) is 0 Å². The molecule has 0 atom stereocenters. The summed E-state index contributed by atoms with van der Waals surface area (Å²) in [6.45, 7) is 2.20. The van der Waals surface area contributed by atoms with Gasteiger partial charge in [-0.25, -0.2) is 4.98 Å². The summed E-state index contributed by atoms with van der Waals surface area (Å²) in [5, 5.41) is 8.56. The Morgan fingerprint density at radius 2 is 2.05 bits per heavy atom. The molecule has 0 aliphatic heterocycles. The molecule has 0 amide bonds. The summed E-state index contributed by atoms with van der Waals surface area (Å²) in [5.74, 6) is 0.803. The Morgan fingerprint density at radius 1 is 1.11 bits per heavy atom. The number of benzene rings is 1. The lowest BCUT2D eigenvalue weighted by Gasteiger charge is -2.02. The average molecular weight is 252 g/mol. The molecule has 0 spiro atoms. The van der Waals surface area contributed by atoms with Gasteiger partial charge < -0.3 is 0 Å². The number of aromatic nitrogens is 4. The molecule has 0 N–H and O–H groups in total. The van der Waals surface area contributed by atoms with Crippen molar-refractivity contribution < 1.29 is 0 Å². The minimum Gasteiger partial charge on any atom is -0.237 e. The number of hydrogen-bond acceptors (Lipinski definition) is 3. The van der Waals surface area contributed by atoms with E-state index in [1.165, 1.54) is 18.4 Å². The monoisotopic (exact) mass is 252 g/mol. The Labute approximate surface area is 112 Å². The molecule has 0 saturated heterocycles. The minimum atomic E-state index is 0.803. The first-order chi connectivity index (χ1) is 9.40. The molecule has 0 aliphatic rings. The van der Waals surface area contributed by atoms with Crippen molar-refractivity contribution in [1.29, 1.82) is 0 Å². The SMILES string of the molecule is CCCCc1cccc2c1nnn2-c1ccccn1. The maximum atomic E-state index is 4.32. The molecule has 4 heteroatoms. The van der Waals surface area contributed by atoms with Gasteiger partial charge in [-0.2, -0.15) is 4.68 Å². The van der Waals surface area contributed by atoms with Gasteiger partial charge in [-0.1, -0.05) is 36.8 Å². The van der Waals surface area contributed by atoms with Crippen LogP contribution in [0.3, 0.4) is 0 Å². The van der Waals surface area contributed by atoms with E-state index in [2.05, 4.69) is 34.4 Å². The molecule has 4 nitrogen and oxygen atoms in total. The van der Waals surface area contributed by atoms with Gasteiger partial charge in [-0.05, 0) is 36.6 Å². The molecule has 19 heavy (non-hydrogen) atoms. The Balaban J connectivity index is 2.09. The predicted molar refractivity (Wildman–Crippen MR) is 75.3 cm³/mol. The Morgan fingerprint density at radius 3 is 2.84 bits per heavy atom. The molecule has 0 fully saturated rings. The molecule has 0 bridgehead atoms. The molecular weight excluding hydrogens is 236 g/mol. The second kappa shape index (κ2) is 5.18. The standard InChI is InChI=1S/C15H16N4/c1-2-3-7-12-8-6-9-13-15(12)17-18-19(13)14-10-4-5-11-16-14/h4-6,8-11H,2-3,7H2,1H3. The molecule has 0 saturated carbocycles. The van der Waals surface area contributed by atoms with Crippen LogP contribution in [0.2, 0.25) is 0 Å². The topological polar surface area (TPSA) is 43.6 Å². The number of hydrogen-bond donors (Lipinski definition) is 0. The van der Waals surface area contributed by atoms with Gasteiger partial charge in [0.05, 0.1) is 5.52 Å². The number of aryl methyl sites for hydroxylation is 1. The Hall–Kier alpha value is -2.23. The molecule has 0 unspecified atom stereocenters. The fourth-order valence-electron chi connectivity index (χ4n) is 2.22. The largest absolute Gasteiger partial charge is 0.237 e. The highest BCUT2D eigenvalue weighted by atomic mass is 15.4. The van der Waals surface area contributed by atoms with Gasteiger partial charge in [-0.3, -0.25) is 0 Å². The van der Waals surface area contributed by atoms with Gasteiger partial charge in [0, 0.05) is 6.20 Å². The van der Waals surface area contributed by atoms with Crippen molar-refractivity contribution in [3.63, 3.8) is 0 Å². The van der Waals surface area contributed by atoms with Crippen LogP contribution in [-0.2, 0) is 6.42 Å². The van der Waals surface area contributed by atoms with E-state index in [9.17, 15) is 0 Å². The van der Waals surface area contributed by atoms with Gasteiger partial charge in [0.2, 0.25) is 0 Å². The van der Waals surface area contributed by atoms with Gasteiger partial charge in [0.1, 0.15) is 5.52 Å². The highest BCUT2D eigenvalue weighted by molar-refractivity contribution is 5.79. The zero-order valence-corrected chi connectivity index (χ0v) is 11.0. The summed E-state index contributed by atoms with van der Waals surface area (Å²) < 4.78 is 1.80. The molecule has 2 heterocycles. The zero-order chi connectivity index (χ0) is 13.1. The summed E-state index contributed by atoms with van der Waals surface area (Å²) in [7, 11) is 0. The Bertz CT molecular complexity index is 673. The third-order valence-electron chi connectivity index (χ3n) is 3.23. The van der Waals surface area contributed by atoms with Crippen molar-refractivity contribution in [3.05, 3.63) is 48.2 Å². The fraction of sp³-hybridized carbons (Fsp3) is 0.267. The van der Waals surface area contributed by atoms with Gasteiger partial charge in [0.25, 0.3) is 0 Å². The van der Waals surface area contributed by atoms with Crippen LogP contribution in [0.1, 0.15) is 25.3 Å². The average Bonchev–Trinajstić information content (AvgIpc) is 2.90. The third-order valence-corrected chi connectivity index (χ3v) is 3.23. The molecule has 0 radical (unpaired) electrons. The van der Waals surface area contributed by atoms with Crippen molar-refractivity contribution in [2.75, 3.05) is 0 Å². The predicted octanol–water partition coefficient (Wildman–Crippen LogP) is 3.16. The quantitative estimate of drug-likeness (QED) is 0.716. The molecule has 0 aliphatic carbocycles. The second-order valence-corrected chi connectivity index (χ2v) is 4.58. The maximum Gasteiger partial charge on any atom is 0.155 e. The fourth-order valence-corrected chi connectivity index (χ4v) is 2.22. The van der Waals surface area contributed by atoms with Crippen LogP contribution < -0.4 is 0 Å². The smallest absolute Gasteiger partial charge is 0.155 e. The summed E-state index contributed by atoms with van der Waals surface area (Å²) in [6.07, 6.45) is 5.18. The van der Waals surface area contributed by atoms with Crippen LogP contribution in [0, 0.1) is 0 Å².